The Kier molecular flexibility index (Phi) is 6.14. The number of carbonyl (C=O) groups is 1. The van der Waals surface area contributed by atoms with E-state index >= 15 is 0 Å². The molecule has 5 nitrogen and oxygen atoms in total. The van der Waals surface area contributed by atoms with Crippen molar-refractivity contribution in [3.8, 4) is 0 Å². The molecule has 0 saturated heterocycles. The largest absolute Gasteiger partial charge is 0.378 e. The van der Waals surface area contributed by atoms with E-state index in [1.54, 1.807) is 48.5 Å². The van der Waals surface area contributed by atoms with Gasteiger partial charge in [-0.3, -0.25) is 9.52 Å². The summed E-state index contributed by atoms with van der Waals surface area (Å²) in [6.45, 7) is 0. The molecule has 148 valence electrons. The van der Waals surface area contributed by atoms with Crippen LogP contribution in [0.15, 0.2) is 89.8 Å². The Labute approximate surface area is 171 Å². The van der Waals surface area contributed by atoms with Crippen LogP contribution in [0.5, 0.6) is 0 Å². The van der Waals surface area contributed by atoms with E-state index in [1.807, 2.05) is 43.3 Å². The highest BCUT2D eigenvalue weighted by Gasteiger charge is 2.13. The molecule has 0 aliphatic heterocycles. The van der Waals surface area contributed by atoms with Crippen LogP contribution in [0.2, 0.25) is 0 Å². The van der Waals surface area contributed by atoms with Gasteiger partial charge in [0.2, 0.25) is 0 Å². The van der Waals surface area contributed by atoms with Crippen LogP contribution >= 0.6 is 0 Å². The molecule has 29 heavy (non-hydrogen) atoms. The van der Waals surface area contributed by atoms with Crippen molar-refractivity contribution in [3.05, 3.63) is 96.1 Å². The Bertz CT molecular complexity index is 1100. The van der Waals surface area contributed by atoms with Crippen molar-refractivity contribution in [2.24, 2.45) is 0 Å². The maximum atomic E-state index is 12.4. The van der Waals surface area contributed by atoms with Gasteiger partial charge in [0.1, 0.15) is 0 Å². The zero-order chi connectivity index (χ0) is 20.9. The lowest BCUT2D eigenvalue weighted by molar-refractivity contribution is 0.104. The topological polar surface area (TPSA) is 66.5 Å². The second-order valence-corrected chi connectivity index (χ2v) is 8.36. The van der Waals surface area contributed by atoms with E-state index in [4.69, 9.17) is 0 Å². The molecule has 3 aromatic rings. The number of carbonyl (C=O) groups excluding carboxylic acids is 1. The highest BCUT2D eigenvalue weighted by molar-refractivity contribution is 7.92. The molecule has 0 amide bonds. The first-order valence-corrected chi connectivity index (χ1v) is 10.5. The summed E-state index contributed by atoms with van der Waals surface area (Å²) in [5.41, 5.74) is 2.89. The van der Waals surface area contributed by atoms with Crippen LogP contribution in [-0.4, -0.2) is 28.3 Å². The van der Waals surface area contributed by atoms with Crippen LogP contribution in [0.1, 0.15) is 15.9 Å². The van der Waals surface area contributed by atoms with Crippen LogP contribution in [-0.2, 0) is 10.0 Å². The number of anilines is 2. The summed E-state index contributed by atoms with van der Waals surface area (Å²) in [4.78, 5) is 14.6. The van der Waals surface area contributed by atoms with Gasteiger partial charge in [-0.2, -0.15) is 0 Å². The average Bonchev–Trinajstić information content (AvgIpc) is 2.73. The molecule has 3 rings (SSSR count). The molecule has 0 saturated carbocycles. The Balaban J connectivity index is 1.67. The highest BCUT2D eigenvalue weighted by Crippen LogP contribution is 2.17. The van der Waals surface area contributed by atoms with Gasteiger partial charge in [-0.1, -0.05) is 36.4 Å². The van der Waals surface area contributed by atoms with Gasteiger partial charge in [-0.15, -0.1) is 0 Å². The smallest absolute Gasteiger partial charge is 0.261 e. The third-order valence-electron chi connectivity index (χ3n) is 4.31. The maximum absolute atomic E-state index is 12.4. The maximum Gasteiger partial charge on any atom is 0.261 e. The molecule has 0 radical (unpaired) electrons. The summed E-state index contributed by atoms with van der Waals surface area (Å²) in [6, 6.07) is 22.3. The Morgan fingerprint density at radius 1 is 0.862 bits per heavy atom. The minimum Gasteiger partial charge on any atom is -0.378 e. The highest BCUT2D eigenvalue weighted by atomic mass is 32.2. The number of hydrogen-bond donors (Lipinski definition) is 1. The zero-order valence-corrected chi connectivity index (χ0v) is 17.1. The molecule has 0 heterocycles. The number of ketones is 1. The number of benzene rings is 3. The summed E-state index contributed by atoms with van der Waals surface area (Å²) in [5.74, 6) is -0.154. The third-order valence-corrected chi connectivity index (χ3v) is 5.71. The summed E-state index contributed by atoms with van der Waals surface area (Å²) < 4.78 is 27.2. The van der Waals surface area contributed by atoms with E-state index in [-0.39, 0.29) is 10.7 Å². The minimum atomic E-state index is -3.65. The van der Waals surface area contributed by atoms with E-state index in [0.717, 1.165) is 11.3 Å². The standard InChI is InChI=1S/C23H22N2O3S/c1-25(2)21-15-8-18(9-16-21)10-17-23(26)19-11-13-20(14-12-19)24-29(27,28)22-6-4-3-5-7-22/h3-17,24H,1-2H3/b17-10+. The average molecular weight is 407 g/mol. The SMILES string of the molecule is CN(C)c1ccc(/C=C/C(=O)c2ccc(NS(=O)(=O)c3ccccc3)cc2)cc1. The van der Waals surface area contributed by atoms with Gasteiger partial charge < -0.3 is 4.90 Å². The quantitative estimate of drug-likeness (QED) is 0.465. The number of nitrogens with one attached hydrogen (secondary N) is 1. The Morgan fingerprint density at radius 3 is 2.07 bits per heavy atom. The molecule has 6 heteroatoms. The van der Waals surface area contributed by atoms with Crippen LogP contribution in [0.3, 0.4) is 0 Å². The lowest BCUT2D eigenvalue weighted by Crippen LogP contribution is -2.12. The Hall–Kier alpha value is -3.38. The van der Waals surface area contributed by atoms with Crippen LogP contribution in [0.4, 0.5) is 11.4 Å². The van der Waals surface area contributed by atoms with Crippen LogP contribution < -0.4 is 9.62 Å². The molecule has 0 spiro atoms. The number of nitrogens with zero attached hydrogens (tertiary/aromatic N) is 1. The fourth-order valence-electron chi connectivity index (χ4n) is 2.67. The summed E-state index contributed by atoms with van der Waals surface area (Å²) >= 11 is 0. The number of sulfonamides is 1. The van der Waals surface area contributed by atoms with Crippen molar-refractivity contribution in [2.45, 2.75) is 4.90 Å². The van der Waals surface area contributed by atoms with Crippen LogP contribution in [0.25, 0.3) is 6.08 Å². The number of hydrogen-bond acceptors (Lipinski definition) is 4. The predicted octanol–water partition coefficient (Wildman–Crippen LogP) is 4.45. The monoisotopic (exact) mass is 406 g/mol. The second kappa shape index (κ2) is 8.75. The predicted molar refractivity (Wildman–Crippen MR) is 118 cm³/mol. The van der Waals surface area contributed by atoms with Crippen molar-refractivity contribution >= 4 is 33.3 Å². The molecular weight excluding hydrogens is 384 g/mol. The molecule has 0 unspecified atom stereocenters. The van der Waals surface area contributed by atoms with E-state index in [1.165, 1.54) is 18.2 Å². The summed E-state index contributed by atoms with van der Waals surface area (Å²) in [5, 5.41) is 0. The number of rotatable bonds is 7. The van der Waals surface area contributed by atoms with E-state index in [2.05, 4.69) is 4.72 Å². The third kappa shape index (κ3) is 5.33. The van der Waals surface area contributed by atoms with Gasteiger partial charge in [0.05, 0.1) is 4.90 Å². The van der Waals surface area contributed by atoms with Gasteiger partial charge in [-0.05, 0) is 60.2 Å². The van der Waals surface area contributed by atoms with E-state index in [9.17, 15) is 13.2 Å². The minimum absolute atomic E-state index is 0.154. The van der Waals surface area contributed by atoms with Gasteiger partial charge in [-0.25, -0.2) is 8.42 Å². The van der Waals surface area contributed by atoms with Crippen molar-refractivity contribution < 1.29 is 13.2 Å². The second-order valence-electron chi connectivity index (χ2n) is 6.68. The van der Waals surface area contributed by atoms with Gasteiger partial charge in [0, 0.05) is 31.0 Å². The van der Waals surface area contributed by atoms with Gasteiger partial charge in [0.15, 0.2) is 5.78 Å². The van der Waals surface area contributed by atoms with Gasteiger partial charge >= 0.3 is 0 Å². The van der Waals surface area contributed by atoms with Crippen LogP contribution in [0, 0.1) is 0 Å². The van der Waals surface area contributed by atoms with Gasteiger partial charge in [0.25, 0.3) is 10.0 Å². The first kappa shape index (κ1) is 20.4. The fraction of sp³-hybridized carbons (Fsp3) is 0.0870. The molecule has 0 aromatic heterocycles. The molecule has 0 fully saturated rings. The molecule has 0 bridgehead atoms. The molecule has 0 aliphatic carbocycles. The van der Waals surface area contributed by atoms with Crippen molar-refractivity contribution in [3.63, 3.8) is 0 Å². The molecule has 0 aliphatic rings. The van der Waals surface area contributed by atoms with Crippen molar-refractivity contribution in [1.29, 1.82) is 0 Å². The molecular formula is C23H22N2O3S. The number of allylic oxidation sites excluding steroid dienone is 1. The lowest BCUT2D eigenvalue weighted by Gasteiger charge is -2.11. The zero-order valence-electron chi connectivity index (χ0n) is 16.2. The first-order valence-electron chi connectivity index (χ1n) is 9.03. The van der Waals surface area contributed by atoms with Crippen molar-refractivity contribution in [1.82, 2.24) is 0 Å². The summed E-state index contributed by atoms with van der Waals surface area (Å²) in [6.07, 6.45) is 3.27. The summed E-state index contributed by atoms with van der Waals surface area (Å²) in [7, 11) is 0.286. The normalized spacial score (nSPS) is 11.4. The van der Waals surface area contributed by atoms with Crippen molar-refractivity contribution in [2.75, 3.05) is 23.7 Å². The molecule has 0 atom stereocenters. The first-order chi connectivity index (χ1) is 13.8. The Morgan fingerprint density at radius 2 is 1.48 bits per heavy atom. The van der Waals surface area contributed by atoms with E-state index < -0.39 is 10.0 Å². The lowest BCUT2D eigenvalue weighted by atomic mass is 10.1. The molecule has 1 N–H and O–H groups in total. The fourth-order valence-corrected chi connectivity index (χ4v) is 3.75. The van der Waals surface area contributed by atoms with E-state index in [0.29, 0.717) is 11.3 Å². The molecule has 3 aromatic carbocycles.